The fourth-order valence-electron chi connectivity index (χ4n) is 2.26. The maximum atomic E-state index is 13.2. The molecular formula is C13H13F3N2O3. The summed E-state index contributed by atoms with van der Waals surface area (Å²) >= 11 is 0. The third-order valence-electron chi connectivity index (χ3n) is 3.22. The Bertz CT molecular complexity index is 773. The summed E-state index contributed by atoms with van der Waals surface area (Å²) in [6, 6.07) is 1.88. The highest BCUT2D eigenvalue weighted by Crippen LogP contribution is 2.37. The van der Waals surface area contributed by atoms with E-state index in [-0.39, 0.29) is 16.5 Å². The van der Waals surface area contributed by atoms with Gasteiger partial charge in [-0.2, -0.15) is 13.2 Å². The van der Waals surface area contributed by atoms with Crippen LogP contribution in [0, 0.1) is 0 Å². The van der Waals surface area contributed by atoms with Gasteiger partial charge in [-0.3, -0.25) is 9.78 Å². The Morgan fingerprint density at radius 1 is 1.24 bits per heavy atom. The zero-order valence-electron chi connectivity index (χ0n) is 11.3. The lowest BCUT2D eigenvalue weighted by Gasteiger charge is -2.20. The molecule has 2 N–H and O–H groups in total. The summed E-state index contributed by atoms with van der Waals surface area (Å²) in [5.41, 5.74) is -2.81. The number of benzene rings is 1. The summed E-state index contributed by atoms with van der Waals surface area (Å²) in [5.74, 6) is 0. The molecule has 1 unspecified atom stereocenters. The number of fused-ring (bicyclic) bond motifs is 1. The van der Waals surface area contributed by atoms with Crippen molar-refractivity contribution in [3.63, 3.8) is 0 Å². The normalized spacial score (nSPS) is 13.6. The topological polar surface area (TPSA) is 75.0 Å². The molecule has 5 nitrogen and oxygen atoms in total. The van der Waals surface area contributed by atoms with Gasteiger partial charge in [0.15, 0.2) is 0 Å². The lowest BCUT2D eigenvalue weighted by molar-refractivity contribution is -0.139. The second-order valence-electron chi connectivity index (χ2n) is 4.52. The van der Waals surface area contributed by atoms with Gasteiger partial charge in [-0.1, -0.05) is 6.92 Å². The molecule has 0 saturated carbocycles. The van der Waals surface area contributed by atoms with Gasteiger partial charge in [-0.15, -0.1) is 0 Å². The highest BCUT2D eigenvalue weighted by molar-refractivity contribution is 5.79. The van der Waals surface area contributed by atoms with E-state index in [2.05, 4.69) is 4.98 Å². The predicted molar refractivity (Wildman–Crippen MR) is 70.2 cm³/mol. The van der Waals surface area contributed by atoms with Crippen molar-refractivity contribution in [3.05, 3.63) is 44.1 Å². The van der Waals surface area contributed by atoms with Crippen LogP contribution in [0.2, 0.25) is 0 Å². The van der Waals surface area contributed by atoms with Gasteiger partial charge in [0.1, 0.15) is 0 Å². The molecule has 0 bridgehead atoms. The Labute approximate surface area is 116 Å². The van der Waals surface area contributed by atoms with Crippen LogP contribution in [0.25, 0.3) is 10.9 Å². The molecule has 0 spiro atoms. The fraction of sp³-hybridized carbons (Fsp3) is 0.385. The first-order chi connectivity index (χ1) is 9.77. The van der Waals surface area contributed by atoms with Crippen LogP contribution >= 0.6 is 0 Å². The van der Waals surface area contributed by atoms with Gasteiger partial charge < -0.3 is 9.72 Å². The SMILES string of the molecule is CCC(OC)c1cc2c(=O)[nH]c(=O)[nH]c2cc1C(F)(F)F. The van der Waals surface area contributed by atoms with Gasteiger partial charge in [0.25, 0.3) is 5.56 Å². The molecule has 1 atom stereocenters. The minimum atomic E-state index is -4.62. The van der Waals surface area contributed by atoms with Crippen LogP contribution in [0.3, 0.4) is 0 Å². The molecule has 2 aromatic rings. The molecule has 0 fully saturated rings. The van der Waals surface area contributed by atoms with Gasteiger partial charge >= 0.3 is 11.9 Å². The molecule has 8 heteroatoms. The van der Waals surface area contributed by atoms with Crippen LogP contribution in [0.4, 0.5) is 13.2 Å². The summed E-state index contributed by atoms with van der Waals surface area (Å²) in [7, 11) is 1.30. The van der Waals surface area contributed by atoms with Crippen LogP contribution in [-0.2, 0) is 10.9 Å². The minimum Gasteiger partial charge on any atom is -0.377 e. The molecule has 1 heterocycles. The first-order valence-corrected chi connectivity index (χ1v) is 6.18. The first kappa shape index (κ1) is 15.3. The molecule has 1 aromatic carbocycles. The number of aromatic nitrogens is 2. The highest BCUT2D eigenvalue weighted by Gasteiger charge is 2.35. The maximum absolute atomic E-state index is 13.2. The Morgan fingerprint density at radius 2 is 1.90 bits per heavy atom. The van der Waals surface area contributed by atoms with E-state index in [1.165, 1.54) is 7.11 Å². The van der Waals surface area contributed by atoms with Crippen molar-refractivity contribution in [3.8, 4) is 0 Å². The Kier molecular flexibility index (Phi) is 3.91. The highest BCUT2D eigenvalue weighted by atomic mass is 19.4. The molecule has 0 radical (unpaired) electrons. The fourth-order valence-corrected chi connectivity index (χ4v) is 2.26. The van der Waals surface area contributed by atoms with Crippen LogP contribution in [0.15, 0.2) is 21.7 Å². The van der Waals surface area contributed by atoms with E-state index in [4.69, 9.17) is 4.74 Å². The summed E-state index contributed by atoms with van der Waals surface area (Å²) in [4.78, 5) is 27.1. The summed E-state index contributed by atoms with van der Waals surface area (Å²) in [6.45, 7) is 1.68. The van der Waals surface area contributed by atoms with Crippen molar-refractivity contribution in [2.24, 2.45) is 0 Å². The smallest absolute Gasteiger partial charge is 0.377 e. The summed E-state index contributed by atoms with van der Waals surface area (Å²) in [5, 5.41) is -0.0203. The number of hydrogen-bond acceptors (Lipinski definition) is 3. The van der Waals surface area contributed by atoms with Gasteiger partial charge in [-0.25, -0.2) is 4.79 Å². The summed E-state index contributed by atoms with van der Waals surface area (Å²) in [6.07, 6.45) is -5.10. The van der Waals surface area contributed by atoms with Crippen LogP contribution < -0.4 is 11.2 Å². The van der Waals surface area contributed by atoms with E-state index in [1.807, 2.05) is 4.98 Å². The number of alkyl halides is 3. The standard InChI is InChI=1S/C13H13F3N2O3/c1-3-10(21-2)6-4-7-9(5-8(6)13(14,15)16)17-12(20)18-11(7)19/h4-5,10H,3H2,1-2H3,(H2,17,18,19,20). The Balaban J connectivity index is 2.87. The average Bonchev–Trinajstić information content (AvgIpc) is 2.38. The van der Waals surface area contributed by atoms with Crippen LogP contribution in [0.5, 0.6) is 0 Å². The van der Waals surface area contributed by atoms with E-state index >= 15 is 0 Å². The lowest BCUT2D eigenvalue weighted by atomic mass is 9.98. The van der Waals surface area contributed by atoms with Crippen molar-refractivity contribution in [1.82, 2.24) is 9.97 Å². The number of methoxy groups -OCH3 is 1. The second-order valence-corrected chi connectivity index (χ2v) is 4.52. The van der Waals surface area contributed by atoms with Crippen molar-refractivity contribution >= 4 is 10.9 Å². The number of aromatic amines is 2. The number of halogens is 3. The van der Waals surface area contributed by atoms with Gasteiger partial charge in [0.2, 0.25) is 0 Å². The van der Waals surface area contributed by atoms with E-state index in [1.54, 1.807) is 6.92 Å². The molecule has 0 amide bonds. The molecule has 21 heavy (non-hydrogen) atoms. The number of H-pyrrole nitrogens is 2. The Hall–Kier alpha value is -2.09. The average molecular weight is 302 g/mol. The van der Waals surface area contributed by atoms with Crippen molar-refractivity contribution in [2.45, 2.75) is 25.6 Å². The van der Waals surface area contributed by atoms with Gasteiger partial charge in [-0.05, 0) is 24.1 Å². The monoisotopic (exact) mass is 302 g/mol. The first-order valence-electron chi connectivity index (χ1n) is 6.18. The van der Waals surface area contributed by atoms with Gasteiger partial charge in [0, 0.05) is 7.11 Å². The van der Waals surface area contributed by atoms with Gasteiger partial charge in [0.05, 0.1) is 22.6 Å². The largest absolute Gasteiger partial charge is 0.416 e. The third-order valence-corrected chi connectivity index (χ3v) is 3.22. The van der Waals surface area contributed by atoms with E-state index in [0.29, 0.717) is 6.42 Å². The number of hydrogen-bond donors (Lipinski definition) is 2. The molecule has 0 aliphatic heterocycles. The number of ether oxygens (including phenoxy) is 1. The number of rotatable bonds is 3. The van der Waals surface area contributed by atoms with Crippen molar-refractivity contribution in [2.75, 3.05) is 7.11 Å². The molecule has 0 saturated heterocycles. The number of nitrogens with one attached hydrogen (secondary N) is 2. The van der Waals surface area contributed by atoms with Crippen LogP contribution in [-0.4, -0.2) is 17.1 Å². The summed E-state index contributed by atoms with van der Waals surface area (Å²) < 4.78 is 44.6. The Morgan fingerprint density at radius 3 is 2.43 bits per heavy atom. The van der Waals surface area contributed by atoms with Crippen molar-refractivity contribution < 1.29 is 17.9 Å². The lowest BCUT2D eigenvalue weighted by Crippen LogP contribution is -2.23. The molecule has 2 rings (SSSR count). The van der Waals surface area contributed by atoms with E-state index in [9.17, 15) is 22.8 Å². The zero-order valence-corrected chi connectivity index (χ0v) is 11.3. The molecule has 114 valence electrons. The second kappa shape index (κ2) is 5.36. The van der Waals surface area contributed by atoms with Crippen LogP contribution in [0.1, 0.15) is 30.6 Å². The van der Waals surface area contributed by atoms with Crippen molar-refractivity contribution in [1.29, 1.82) is 0 Å². The maximum Gasteiger partial charge on any atom is 0.416 e. The molecule has 1 aromatic heterocycles. The van der Waals surface area contributed by atoms with E-state index < -0.39 is 29.1 Å². The quantitative estimate of drug-likeness (QED) is 0.913. The van der Waals surface area contributed by atoms with E-state index in [0.717, 1.165) is 12.1 Å². The molecule has 0 aliphatic rings. The minimum absolute atomic E-state index is 0.0203. The third kappa shape index (κ3) is 2.85. The zero-order chi connectivity index (χ0) is 15.8. The molecular weight excluding hydrogens is 289 g/mol. The molecule has 0 aliphatic carbocycles. The predicted octanol–water partition coefficient (Wildman–Crippen LogP) is 2.33.